The van der Waals surface area contributed by atoms with Crippen LogP contribution in [0.2, 0.25) is 0 Å². The number of rotatable bonds is 9. The predicted molar refractivity (Wildman–Crippen MR) is 138 cm³/mol. The van der Waals surface area contributed by atoms with E-state index in [9.17, 15) is 14.4 Å². The summed E-state index contributed by atoms with van der Waals surface area (Å²) in [7, 11) is 1.48. The van der Waals surface area contributed by atoms with Crippen molar-refractivity contribution in [1.82, 2.24) is 10.6 Å². The zero-order valence-corrected chi connectivity index (χ0v) is 20.8. The summed E-state index contributed by atoms with van der Waals surface area (Å²) >= 11 is 0. The fourth-order valence-corrected chi connectivity index (χ4v) is 4.10. The van der Waals surface area contributed by atoms with Gasteiger partial charge in [-0.15, -0.1) is 0 Å². The molecule has 0 fully saturated rings. The minimum Gasteiger partial charge on any atom is -0.493 e. The molecule has 0 bridgehead atoms. The van der Waals surface area contributed by atoms with E-state index in [0.717, 1.165) is 0 Å². The highest BCUT2D eigenvalue weighted by molar-refractivity contribution is 6.16. The van der Waals surface area contributed by atoms with E-state index in [1.54, 1.807) is 56.3 Å². The highest BCUT2D eigenvalue weighted by Crippen LogP contribution is 2.37. The summed E-state index contributed by atoms with van der Waals surface area (Å²) in [6.07, 6.45) is -0.849. The second-order valence-corrected chi connectivity index (χ2v) is 8.30. The maximum absolute atomic E-state index is 13.8. The molecule has 3 aromatic carbocycles. The SMILES string of the molecule is CCOC(=O)[C@H](C)Oc1ccc([C@@H]2NC(=O)NC(c3ccccc3)=C2C(=O)c2ccccc2)cc1OC. The van der Waals surface area contributed by atoms with E-state index in [1.165, 1.54) is 7.11 Å². The molecule has 1 heterocycles. The van der Waals surface area contributed by atoms with Gasteiger partial charge in [0.25, 0.3) is 0 Å². The molecular weight excluding hydrogens is 472 g/mol. The minimum atomic E-state index is -0.849. The minimum absolute atomic E-state index is 0.229. The number of benzene rings is 3. The number of ether oxygens (including phenoxy) is 3. The summed E-state index contributed by atoms with van der Waals surface area (Å²) in [5.74, 6) is -0.0536. The van der Waals surface area contributed by atoms with E-state index < -0.39 is 24.1 Å². The number of urea groups is 1. The molecule has 0 saturated heterocycles. The van der Waals surface area contributed by atoms with Gasteiger partial charge >= 0.3 is 12.0 Å². The molecule has 4 rings (SSSR count). The fraction of sp³-hybridized carbons (Fsp3) is 0.207. The Bertz CT molecular complexity index is 1320. The van der Waals surface area contributed by atoms with E-state index in [4.69, 9.17) is 14.2 Å². The van der Waals surface area contributed by atoms with E-state index >= 15 is 0 Å². The van der Waals surface area contributed by atoms with Crippen LogP contribution in [0.4, 0.5) is 4.79 Å². The number of nitrogens with one attached hydrogen (secondary N) is 2. The summed E-state index contributed by atoms with van der Waals surface area (Å²) in [6, 6.07) is 22.0. The van der Waals surface area contributed by atoms with Crippen molar-refractivity contribution in [2.45, 2.75) is 26.0 Å². The lowest BCUT2D eigenvalue weighted by molar-refractivity contribution is -0.150. The predicted octanol–water partition coefficient (Wildman–Crippen LogP) is 4.67. The van der Waals surface area contributed by atoms with Gasteiger partial charge in [0, 0.05) is 5.56 Å². The number of carbonyl (C=O) groups is 3. The van der Waals surface area contributed by atoms with Crippen molar-refractivity contribution < 1.29 is 28.6 Å². The summed E-state index contributed by atoms with van der Waals surface area (Å²) in [5.41, 5.74) is 2.61. The highest BCUT2D eigenvalue weighted by Gasteiger charge is 2.34. The monoisotopic (exact) mass is 500 g/mol. The van der Waals surface area contributed by atoms with Crippen LogP contribution in [0.1, 0.15) is 41.4 Å². The number of hydrogen-bond donors (Lipinski definition) is 2. The molecule has 0 radical (unpaired) electrons. The van der Waals surface area contributed by atoms with Crippen LogP contribution in [0.25, 0.3) is 5.70 Å². The van der Waals surface area contributed by atoms with Gasteiger partial charge in [0.05, 0.1) is 31.0 Å². The second kappa shape index (κ2) is 11.4. The van der Waals surface area contributed by atoms with Gasteiger partial charge in [-0.1, -0.05) is 66.7 Å². The molecule has 8 nitrogen and oxygen atoms in total. The average Bonchev–Trinajstić information content (AvgIpc) is 2.93. The van der Waals surface area contributed by atoms with E-state index in [2.05, 4.69) is 10.6 Å². The number of Topliss-reactive ketones (excluding diaryl/α,β-unsaturated/α-hetero) is 1. The third-order valence-electron chi connectivity index (χ3n) is 5.86. The van der Waals surface area contributed by atoms with Crippen molar-refractivity contribution in [3.63, 3.8) is 0 Å². The Hall–Kier alpha value is -4.59. The first-order chi connectivity index (χ1) is 17.9. The quantitative estimate of drug-likeness (QED) is 0.327. The normalized spacial score (nSPS) is 15.8. The van der Waals surface area contributed by atoms with Crippen LogP contribution < -0.4 is 20.1 Å². The van der Waals surface area contributed by atoms with Gasteiger partial charge in [-0.25, -0.2) is 9.59 Å². The largest absolute Gasteiger partial charge is 0.493 e. The van der Waals surface area contributed by atoms with Crippen LogP contribution in [0.15, 0.2) is 84.4 Å². The van der Waals surface area contributed by atoms with Crippen LogP contribution in [0.3, 0.4) is 0 Å². The number of ketones is 1. The Morgan fingerprint density at radius 2 is 1.62 bits per heavy atom. The van der Waals surface area contributed by atoms with E-state index in [1.807, 2.05) is 36.4 Å². The summed E-state index contributed by atoms with van der Waals surface area (Å²) < 4.78 is 16.3. The Balaban J connectivity index is 1.80. The van der Waals surface area contributed by atoms with Gasteiger partial charge in [-0.05, 0) is 37.1 Å². The van der Waals surface area contributed by atoms with E-state index in [0.29, 0.717) is 39.5 Å². The first-order valence-corrected chi connectivity index (χ1v) is 11.9. The Kier molecular flexibility index (Phi) is 7.88. The third-order valence-corrected chi connectivity index (χ3v) is 5.86. The molecule has 0 aliphatic carbocycles. The molecule has 3 aromatic rings. The molecule has 1 aliphatic heterocycles. The summed E-state index contributed by atoms with van der Waals surface area (Å²) in [6.45, 7) is 3.55. The molecule has 0 spiro atoms. The molecule has 1 aliphatic rings. The lowest BCUT2D eigenvalue weighted by Gasteiger charge is -2.30. The summed E-state index contributed by atoms with van der Waals surface area (Å²) in [5, 5.41) is 5.71. The Labute approximate surface area is 215 Å². The van der Waals surface area contributed by atoms with Crippen molar-refractivity contribution in [2.75, 3.05) is 13.7 Å². The van der Waals surface area contributed by atoms with Crippen LogP contribution in [0.5, 0.6) is 11.5 Å². The first-order valence-electron chi connectivity index (χ1n) is 11.9. The molecular formula is C29H28N2O6. The van der Waals surface area contributed by atoms with Gasteiger partial charge in [-0.2, -0.15) is 0 Å². The van der Waals surface area contributed by atoms with Crippen molar-refractivity contribution >= 4 is 23.5 Å². The standard InChI is InChI=1S/C29H28N2O6/c1-4-36-28(33)18(2)37-22-16-15-21(17-23(22)35-3)26-24(27(32)20-13-9-6-10-14-20)25(30-29(34)31-26)19-11-7-5-8-12-19/h5-18,26H,4H2,1-3H3,(H2,30,31,34)/t18-,26-/m0/s1. The number of esters is 1. The van der Waals surface area contributed by atoms with Crippen LogP contribution in [-0.4, -0.2) is 37.6 Å². The zero-order chi connectivity index (χ0) is 26.4. The molecule has 8 heteroatoms. The van der Waals surface area contributed by atoms with Gasteiger partial charge in [-0.3, -0.25) is 4.79 Å². The molecule has 2 N–H and O–H groups in total. The van der Waals surface area contributed by atoms with Crippen molar-refractivity contribution in [2.24, 2.45) is 0 Å². The summed E-state index contributed by atoms with van der Waals surface area (Å²) in [4.78, 5) is 38.6. The average molecular weight is 501 g/mol. The maximum Gasteiger partial charge on any atom is 0.347 e. The van der Waals surface area contributed by atoms with Crippen molar-refractivity contribution in [3.05, 3.63) is 101 Å². The van der Waals surface area contributed by atoms with Crippen LogP contribution in [-0.2, 0) is 9.53 Å². The molecule has 0 aromatic heterocycles. The van der Waals surface area contributed by atoms with Crippen molar-refractivity contribution in [1.29, 1.82) is 0 Å². The van der Waals surface area contributed by atoms with Gasteiger partial charge in [0.2, 0.25) is 0 Å². The zero-order valence-electron chi connectivity index (χ0n) is 20.8. The number of carbonyl (C=O) groups excluding carboxylic acids is 3. The second-order valence-electron chi connectivity index (χ2n) is 8.30. The molecule has 190 valence electrons. The number of hydrogen-bond acceptors (Lipinski definition) is 6. The molecule has 0 saturated carbocycles. The van der Waals surface area contributed by atoms with Gasteiger partial charge in [0.15, 0.2) is 23.4 Å². The van der Waals surface area contributed by atoms with Crippen molar-refractivity contribution in [3.8, 4) is 11.5 Å². The molecule has 0 unspecified atom stereocenters. The third kappa shape index (κ3) is 5.64. The fourth-order valence-electron chi connectivity index (χ4n) is 4.10. The molecule has 2 amide bonds. The van der Waals surface area contributed by atoms with Gasteiger partial charge in [0.1, 0.15) is 0 Å². The molecule has 2 atom stereocenters. The first kappa shape index (κ1) is 25.5. The van der Waals surface area contributed by atoms with Gasteiger partial charge < -0.3 is 24.8 Å². The number of methoxy groups -OCH3 is 1. The Morgan fingerprint density at radius 1 is 0.946 bits per heavy atom. The Morgan fingerprint density at radius 3 is 2.27 bits per heavy atom. The van der Waals surface area contributed by atoms with E-state index in [-0.39, 0.29) is 12.4 Å². The number of amides is 2. The highest BCUT2D eigenvalue weighted by atomic mass is 16.6. The van der Waals surface area contributed by atoms with Crippen LogP contribution in [0, 0.1) is 0 Å². The van der Waals surface area contributed by atoms with Crippen LogP contribution >= 0.6 is 0 Å². The smallest absolute Gasteiger partial charge is 0.347 e. The maximum atomic E-state index is 13.8. The lowest BCUT2D eigenvalue weighted by atomic mass is 9.87. The lowest BCUT2D eigenvalue weighted by Crippen LogP contribution is -2.45. The topological polar surface area (TPSA) is 103 Å². The molecule has 37 heavy (non-hydrogen) atoms.